The van der Waals surface area contributed by atoms with Crippen LogP contribution in [-0.4, -0.2) is 41.3 Å². The molecule has 0 spiro atoms. The molecule has 6 aromatic carbocycles. The monoisotopic (exact) mass is 985 g/mol. The molecule has 0 aliphatic heterocycles. The van der Waals surface area contributed by atoms with Gasteiger partial charge in [-0.25, -0.2) is 0 Å². The van der Waals surface area contributed by atoms with Crippen LogP contribution in [0.2, 0.25) is 0 Å². The molecule has 6 aromatic rings. The van der Waals surface area contributed by atoms with Crippen LogP contribution in [0.1, 0.15) is 112 Å². The van der Waals surface area contributed by atoms with Gasteiger partial charge in [-0.15, -0.1) is 0 Å². The van der Waals surface area contributed by atoms with E-state index in [0.29, 0.717) is 19.5 Å². The quantitative estimate of drug-likeness (QED) is 0.0776. The molecule has 9 heteroatoms. The maximum absolute atomic E-state index is 15.1. The van der Waals surface area contributed by atoms with Gasteiger partial charge in [-0.05, 0) is 73.1 Å². The predicted molar refractivity (Wildman–Crippen MR) is 294 cm³/mol. The largest absolute Gasteiger partial charge is 4.00 e. The van der Waals surface area contributed by atoms with Crippen LogP contribution in [0.5, 0.6) is 11.5 Å². The molecule has 0 aliphatic carbocycles. The Labute approximate surface area is 427 Å². The van der Waals surface area contributed by atoms with Crippen molar-refractivity contribution in [2.45, 2.75) is 111 Å². The molecule has 0 heterocycles. The summed E-state index contributed by atoms with van der Waals surface area (Å²) in [7, 11) is 1.27. The van der Waals surface area contributed by atoms with E-state index in [1.165, 1.54) is 0 Å². The maximum Gasteiger partial charge on any atom is 4.00 e. The Hall–Kier alpha value is -3.99. The Kier molecular flexibility index (Phi) is 21.2. The van der Waals surface area contributed by atoms with E-state index >= 15 is 10.2 Å². The Balaban J connectivity index is 0.00000166. The van der Waals surface area contributed by atoms with Crippen molar-refractivity contribution in [1.29, 1.82) is 0 Å². The fourth-order valence-electron chi connectivity index (χ4n) is 8.11. The number of benzene rings is 6. The minimum Gasteiger partial charge on any atom is -0.872 e. The van der Waals surface area contributed by atoms with Crippen molar-refractivity contribution < 1.29 is 31.9 Å². The molecule has 0 aromatic heterocycles. The SMILES string of the molecule is CC(C)(C)c1cc(C(C)(C)C)c([O-])c(P(=NCCCN=P(c2ccccc2)(c2ccccc2)c2cc(C(C)(C)C)cc(C(C)(C)C)c2[O-])(c2ccccc2)c2ccccc2)c1.C[N-]C.C[N-]C.[Ti+4]. The zero-order valence-electron chi connectivity index (χ0n) is 44.0. The maximum atomic E-state index is 15.1. The number of rotatable bonds is 10. The van der Waals surface area contributed by atoms with Crippen molar-refractivity contribution in [3.05, 3.63) is 178 Å². The molecule has 360 valence electrons. The molecule has 6 nitrogen and oxygen atoms in total. The minimum atomic E-state index is -2.87. The van der Waals surface area contributed by atoms with Crippen LogP contribution in [0.15, 0.2) is 155 Å². The molecule has 0 aliphatic rings. The average molecular weight is 985 g/mol. The molecule has 0 saturated heterocycles. The summed E-state index contributed by atoms with van der Waals surface area (Å²) in [5, 5.41) is 43.0. The Bertz CT molecular complexity index is 2340. The molecule has 0 N–H and O–H groups in total. The van der Waals surface area contributed by atoms with E-state index in [1.807, 2.05) is 24.3 Å². The van der Waals surface area contributed by atoms with E-state index < -0.39 is 14.1 Å². The number of hydrogen-bond donors (Lipinski definition) is 0. The third-order valence-electron chi connectivity index (χ3n) is 11.6. The second-order valence-electron chi connectivity index (χ2n) is 21.3. The second kappa shape index (κ2) is 24.7. The van der Waals surface area contributed by atoms with Gasteiger partial charge in [0.15, 0.2) is 0 Å². The molecule has 68 heavy (non-hydrogen) atoms. The molecular weight excluding hydrogens is 906 g/mol. The van der Waals surface area contributed by atoms with Gasteiger partial charge in [-0.2, -0.15) is 28.2 Å². The van der Waals surface area contributed by atoms with Crippen LogP contribution in [0.3, 0.4) is 0 Å². The van der Waals surface area contributed by atoms with Crippen molar-refractivity contribution in [3.63, 3.8) is 0 Å². The Morgan fingerprint density at radius 3 is 0.838 bits per heavy atom. The molecule has 0 atom stereocenters. The fourth-order valence-corrected chi connectivity index (χ4v) is 15.6. The first kappa shape index (κ1) is 58.3. The number of nitrogens with zero attached hydrogens (tertiary/aromatic N) is 4. The van der Waals surface area contributed by atoms with Crippen molar-refractivity contribution in [1.82, 2.24) is 0 Å². The normalized spacial score (nSPS) is 12.1. The predicted octanol–water partition coefficient (Wildman–Crippen LogP) is 12.3. The zero-order chi connectivity index (χ0) is 49.8. The summed E-state index contributed by atoms with van der Waals surface area (Å²) in [5.41, 5.74) is 2.79. The van der Waals surface area contributed by atoms with Crippen LogP contribution < -0.4 is 42.0 Å². The summed E-state index contributed by atoms with van der Waals surface area (Å²) in [6.07, 6.45) is 0.640. The molecule has 0 bridgehead atoms. The van der Waals surface area contributed by atoms with Gasteiger partial charge in [0.1, 0.15) is 0 Å². The summed E-state index contributed by atoms with van der Waals surface area (Å²) in [6.45, 7) is 27.1. The van der Waals surface area contributed by atoms with E-state index in [4.69, 9.17) is 9.49 Å². The van der Waals surface area contributed by atoms with Gasteiger partial charge >= 0.3 is 21.7 Å². The van der Waals surface area contributed by atoms with Crippen molar-refractivity contribution >= 4 is 45.9 Å². The second-order valence-corrected chi connectivity index (χ2v) is 27.5. The molecular formula is C59H78N4O2P2Ti. The van der Waals surface area contributed by atoms with E-state index in [9.17, 15) is 0 Å². The van der Waals surface area contributed by atoms with Crippen molar-refractivity contribution in [2.24, 2.45) is 9.49 Å². The summed E-state index contributed by atoms with van der Waals surface area (Å²) in [6, 6.07) is 50.5. The molecule has 0 amide bonds. The third-order valence-corrected chi connectivity index (χ3v) is 19.1. The smallest absolute Gasteiger partial charge is 0.872 e. The van der Waals surface area contributed by atoms with Gasteiger partial charge < -0.3 is 20.8 Å². The van der Waals surface area contributed by atoms with Crippen LogP contribution in [0.4, 0.5) is 0 Å². The van der Waals surface area contributed by atoms with Crippen LogP contribution >= 0.6 is 14.1 Å². The molecule has 0 unspecified atom stereocenters. The first-order valence-corrected chi connectivity index (χ1v) is 27.0. The Morgan fingerprint density at radius 2 is 0.632 bits per heavy atom. The molecule has 6 rings (SSSR count). The fraction of sp³-hybridized carbons (Fsp3) is 0.390. The van der Waals surface area contributed by atoms with Crippen molar-refractivity contribution in [2.75, 3.05) is 41.3 Å². The van der Waals surface area contributed by atoms with Gasteiger partial charge in [-0.3, -0.25) is 9.49 Å². The number of hydrogen-bond acceptors (Lipinski definition) is 4. The van der Waals surface area contributed by atoms with Crippen molar-refractivity contribution in [3.8, 4) is 11.5 Å². The molecule has 0 saturated carbocycles. The standard InChI is InChI=1S/C55H68N2O2P2.2C2H6N.Ti/c1-52(2,3)40-36-46(54(7,8)9)50(58)48(38-40)60(42-26-17-13-18-27-42,43-28-19-14-20-29-43)56-34-25-35-57-61(44-30-21-15-22-31-44,45-32-23-16-24-33-45)49-39-41(53(4,5)6)37-47(51(49)59)55(10,11)12;2*1-3-2;/h13-24,26-33,36-39,58-59H,25,34-35H2,1-12H3;2*1-2H3;/q;2*-1;+4/p-2. The van der Waals surface area contributed by atoms with Gasteiger partial charge in [0.2, 0.25) is 0 Å². The van der Waals surface area contributed by atoms with Gasteiger partial charge in [0.25, 0.3) is 0 Å². The van der Waals surface area contributed by atoms with E-state index in [0.717, 1.165) is 54.1 Å². The first-order valence-electron chi connectivity index (χ1n) is 23.5. The van der Waals surface area contributed by atoms with Gasteiger partial charge in [-0.1, -0.05) is 228 Å². The van der Waals surface area contributed by atoms with Crippen LogP contribution in [0.25, 0.3) is 10.6 Å². The minimum absolute atomic E-state index is 0. The summed E-state index contributed by atoms with van der Waals surface area (Å²) in [5.74, 6) is 0.147. The molecule has 0 fully saturated rings. The summed E-state index contributed by atoms with van der Waals surface area (Å²) in [4.78, 5) is 0. The zero-order valence-corrected chi connectivity index (χ0v) is 47.3. The van der Waals surface area contributed by atoms with Gasteiger partial charge in [0, 0.05) is 34.3 Å². The molecule has 0 radical (unpaired) electrons. The van der Waals surface area contributed by atoms with E-state index in [-0.39, 0.29) is 54.9 Å². The third kappa shape index (κ3) is 13.7. The van der Waals surface area contributed by atoms with Crippen LogP contribution in [0, 0.1) is 0 Å². The topological polar surface area (TPSA) is 99.0 Å². The van der Waals surface area contributed by atoms with Gasteiger partial charge in [0.05, 0.1) is 14.1 Å². The Morgan fingerprint density at radius 1 is 0.397 bits per heavy atom. The average Bonchev–Trinajstić information content (AvgIpc) is 3.27. The summed E-state index contributed by atoms with van der Waals surface area (Å²) < 4.78 is 11.6. The summed E-state index contributed by atoms with van der Waals surface area (Å²) >= 11 is 0. The van der Waals surface area contributed by atoms with Crippen LogP contribution in [-0.2, 0) is 43.4 Å². The van der Waals surface area contributed by atoms with E-state index in [1.54, 1.807) is 28.2 Å². The van der Waals surface area contributed by atoms with E-state index in [2.05, 4.69) is 215 Å². The first-order chi connectivity index (χ1) is 31.4.